The third-order valence-electron chi connectivity index (χ3n) is 3.29. The molecule has 1 aromatic carbocycles. The Balaban J connectivity index is 2.57. The fourth-order valence-electron chi connectivity index (χ4n) is 2.02. The predicted octanol–water partition coefficient (Wildman–Crippen LogP) is 2.03. The molecule has 0 heterocycles. The first-order valence-electron chi connectivity index (χ1n) is 6.86. The summed E-state index contributed by atoms with van der Waals surface area (Å²) < 4.78 is 5.23. The number of benzene rings is 1. The van der Waals surface area contributed by atoms with Crippen LogP contribution in [0.4, 0.5) is 5.69 Å². The first kappa shape index (κ1) is 16.4. The van der Waals surface area contributed by atoms with E-state index in [9.17, 15) is 10.1 Å². The van der Waals surface area contributed by atoms with Crippen LogP contribution in [-0.2, 0) is 6.54 Å². The number of likely N-dealkylation sites (N-methyl/N-ethyl adjacent to an activating group) is 1. The van der Waals surface area contributed by atoms with E-state index >= 15 is 0 Å². The Morgan fingerprint density at radius 2 is 2.05 bits per heavy atom. The van der Waals surface area contributed by atoms with Gasteiger partial charge in [0, 0.05) is 37.3 Å². The standard InChI is InChI=1S/C14H23N3O3/c1-4-16(5-2)9-8-15-11-12-10-13(17(18)19)6-7-14(12)20-3/h6-7,10,15H,4-5,8-9,11H2,1-3H3. The topological polar surface area (TPSA) is 67.6 Å². The van der Waals surface area contributed by atoms with Crippen LogP contribution in [0.25, 0.3) is 0 Å². The fourth-order valence-corrected chi connectivity index (χ4v) is 2.02. The van der Waals surface area contributed by atoms with E-state index in [1.54, 1.807) is 19.2 Å². The molecule has 0 aromatic heterocycles. The molecule has 0 bridgehead atoms. The Hall–Kier alpha value is -1.66. The van der Waals surface area contributed by atoms with Gasteiger partial charge in [0.25, 0.3) is 5.69 Å². The molecule has 1 N–H and O–H groups in total. The normalized spacial score (nSPS) is 10.8. The average Bonchev–Trinajstić information content (AvgIpc) is 2.47. The molecular weight excluding hydrogens is 258 g/mol. The molecule has 0 saturated heterocycles. The molecule has 0 atom stereocenters. The zero-order valence-corrected chi connectivity index (χ0v) is 12.4. The van der Waals surface area contributed by atoms with Gasteiger partial charge in [0.2, 0.25) is 0 Å². The number of ether oxygens (including phenoxy) is 1. The van der Waals surface area contributed by atoms with Crippen LogP contribution in [0.1, 0.15) is 19.4 Å². The van der Waals surface area contributed by atoms with Crippen molar-refractivity contribution >= 4 is 5.69 Å². The van der Waals surface area contributed by atoms with Crippen molar-refractivity contribution in [2.45, 2.75) is 20.4 Å². The van der Waals surface area contributed by atoms with Crippen LogP contribution in [0, 0.1) is 10.1 Å². The van der Waals surface area contributed by atoms with Crippen molar-refractivity contribution in [3.8, 4) is 5.75 Å². The number of nitrogens with one attached hydrogen (secondary N) is 1. The van der Waals surface area contributed by atoms with Gasteiger partial charge in [-0.3, -0.25) is 10.1 Å². The molecule has 20 heavy (non-hydrogen) atoms. The van der Waals surface area contributed by atoms with Crippen molar-refractivity contribution < 1.29 is 9.66 Å². The maximum atomic E-state index is 10.8. The molecule has 0 aliphatic heterocycles. The van der Waals surface area contributed by atoms with Gasteiger partial charge in [-0.2, -0.15) is 0 Å². The van der Waals surface area contributed by atoms with Crippen molar-refractivity contribution in [3.05, 3.63) is 33.9 Å². The molecule has 1 aromatic rings. The molecule has 0 unspecified atom stereocenters. The Bertz CT molecular complexity index is 434. The van der Waals surface area contributed by atoms with Gasteiger partial charge in [0.15, 0.2) is 0 Å². The molecule has 0 aliphatic rings. The lowest BCUT2D eigenvalue weighted by Gasteiger charge is -2.18. The fraction of sp³-hybridized carbons (Fsp3) is 0.571. The quantitative estimate of drug-likeness (QED) is 0.426. The lowest BCUT2D eigenvalue weighted by molar-refractivity contribution is -0.384. The third kappa shape index (κ3) is 4.79. The Morgan fingerprint density at radius 1 is 1.35 bits per heavy atom. The summed E-state index contributed by atoms with van der Waals surface area (Å²) in [6.45, 7) is 8.68. The smallest absolute Gasteiger partial charge is 0.270 e. The summed E-state index contributed by atoms with van der Waals surface area (Å²) in [5.41, 5.74) is 0.896. The molecule has 0 saturated carbocycles. The Labute approximate surface area is 119 Å². The van der Waals surface area contributed by atoms with Crippen molar-refractivity contribution in [2.24, 2.45) is 0 Å². The summed E-state index contributed by atoms with van der Waals surface area (Å²) in [6.07, 6.45) is 0. The Morgan fingerprint density at radius 3 is 2.60 bits per heavy atom. The minimum atomic E-state index is -0.390. The number of nitro groups is 1. The number of nitro benzene ring substituents is 1. The zero-order chi connectivity index (χ0) is 15.0. The number of nitrogens with zero attached hydrogens (tertiary/aromatic N) is 2. The van der Waals surface area contributed by atoms with Gasteiger partial charge in [-0.15, -0.1) is 0 Å². The average molecular weight is 281 g/mol. The lowest BCUT2D eigenvalue weighted by atomic mass is 10.1. The molecule has 6 heteroatoms. The van der Waals surface area contributed by atoms with E-state index in [2.05, 4.69) is 24.1 Å². The van der Waals surface area contributed by atoms with Crippen LogP contribution in [0.15, 0.2) is 18.2 Å². The summed E-state index contributed by atoms with van der Waals surface area (Å²) in [5.74, 6) is 0.672. The molecular formula is C14H23N3O3. The van der Waals surface area contributed by atoms with Crippen molar-refractivity contribution in [1.82, 2.24) is 10.2 Å². The molecule has 0 amide bonds. The van der Waals surface area contributed by atoms with Crippen molar-refractivity contribution in [2.75, 3.05) is 33.3 Å². The van der Waals surface area contributed by atoms with Gasteiger partial charge in [-0.05, 0) is 19.2 Å². The molecule has 1 rings (SSSR count). The van der Waals surface area contributed by atoms with E-state index < -0.39 is 4.92 Å². The van der Waals surface area contributed by atoms with Crippen LogP contribution in [0.3, 0.4) is 0 Å². The highest BCUT2D eigenvalue weighted by atomic mass is 16.6. The number of non-ortho nitro benzene ring substituents is 1. The highest BCUT2D eigenvalue weighted by molar-refractivity contribution is 5.43. The van der Waals surface area contributed by atoms with Gasteiger partial charge >= 0.3 is 0 Å². The summed E-state index contributed by atoms with van der Waals surface area (Å²) in [4.78, 5) is 12.7. The van der Waals surface area contributed by atoms with Gasteiger partial charge < -0.3 is 15.0 Å². The molecule has 112 valence electrons. The lowest BCUT2D eigenvalue weighted by Crippen LogP contribution is -2.31. The van der Waals surface area contributed by atoms with Crippen LogP contribution < -0.4 is 10.1 Å². The second-order valence-corrected chi connectivity index (χ2v) is 4.46. The molecule has 0 radical (unpaired) electrons. The van der Waals surface area contributed by atoms with Crippen LogP contribution in [0.5, 0.6) is 5.75 Å². The SMILES string of the molecule is CCN(CC)CCNCc1cc([N+](=O)[O-])ccc1OC. The summed E-state index contributed by atoms with van der Waals surface area (Å²) in [7, 11) is 1.57. The molecule has 6 nitrogen and oxygen atoms in total. The van der Waals surface area contributed by atoms with E-state index in [1.165, 1.54) is 6.07 Å². The van der Waals surface area contributed by atoms with E-state index in [0.29, 0.717) is 12.3 Å². The maximum absolute atomic E-state index is 10.8. The van der Waals surface area contributed by atoms with Gasteiger partial charge in [-0.1, -0.05) is 13.8 Å². The minimum absolute atomic E-state index is 0.0892. The molecule has 0 aliphatic carbocycles. The number of rotatable bonds is 9. The third-order valence-corrected chi connectivity index (χ3v) is 3.29. The highest BCUT2D eigenvalue weighted by Gasteiger charge is 2.11. The Kier molecular flexibility index (Phi) is 6.97. The highest BCUT2D eigenvalue weighted by Crippen LogP contribution is 2.23. The van der Waals surface area contributed by atoms with Crippen molar-refractivity contribution in [1.29, 1.82) is 0 Å². The second kappa shape index (κ2) is 8.50. The maximum Gasteiger partial charge on any atom is 0.270 e. The minimum Gasteiger partial charge on any atom is -0.496 e. The number of hydrogen-bond donors (Lipinski definition) is 1. The summed E-state index contributed by atoms with van der Waals surface area (Å²) >= 11 is 0. The largest absolute Gasteiger partial charge is 0.496 e. The first-order valence-corrected chi connectivity index (χ1v) is 6.86. The van der Waals surface area contributed by atoms with E-state index in [-0.39, 0.29) is 5.69 Å². The number of methoxy groups -OCH3 is 1. The van der Waals surface area contributed by atoms with E-state index in [4.69, 9.17) is 4.74 Å². The van der Waals surface area contributed by atoms with Gasteiger partial charge in [0.05, 0.1) is 12.0 Å². The predicted molar refractivity (Wildman–Crippen MR) is 79.1 cm³/mol. The van der Waals surface area contributed by atoms with E-state index in [1.807, 2.05) is 0 Å². The van der Waals surface area contributed by atoms with Crippen LogP contribution in [-0.4, -0.2) is 43.1 Å². The van der Waals surface area contributed by atoms with Crippen molar-refractivity contribution in [3.63, 3.8) is 0 Å². The summed E-state index contributed by atoms with van der Waals surface area (Å²) in [6, 6.07) is 4.65. The van der Waals surface area contributed by atoms with E-state index in [0.717, 1.165) is 31.7 Å². The summed E-state index contributed by atoms with van der Waals surface area (Å²) in [5, 5.41) is 14.1. The second-order valence-electron chi connectivity index (χ2n) is 4.46. The van der Waals surface area contributed by atoms with Crippen LogP contribution >= 0.6 is 0 Å². The van der Waals surface area contributed by atoms with Crippen LogP contribution in [0.2, 0.25) is 0 Å². The molecule has 0 spiro atoms. The molecule has 0 fully saturated rings. The zero-order valence-electron chi connectivity index (χ0n) is 12.4. The van der Waals surface area contributed by atoms with Gasteiger partial charge in [-0.25, -0.2) is 0 Å². The first-order chi connectivity index (χ1) is 9.62. The van der Waals surface area contributed by atoms with Gasteiger partial charge in [0.1, 0.15) is 5.75 Å². The monoisotopic (exact) mass is 281 g/mol. The number of hydrogen-bond acceptors (Lipinski definition) is 5.